The van der Waals surface area contributed by atoms with Crippen LogP contribution in [-0.2, 0) is 16.9 Å². The van der Waals surface area contributed by atoms with Crippen LogP contribution in [0.4, 0.5) is 0 Å². The van der Waals surface area contributed by atoms with Crippen molar-refractivity contribution in [2.24, 2.45) is 11.8 Å². The number of rotatable bonds is 6. The Balaban J connectivity index is 2.70. The van der Waals surface area contributed by atoms with E-state index in [-0.39, 0.29) is 17.4 Å². The number of carbonyl (C=O) groups excluding carboxylic acids is 1. The molecule has 1 heterocycles. The van der Waals surface area contributed by atoms with Gasteiger partial charge in [0.15, 0.2) is 0 Å². The molecule has 0 bridgehead atoms. The highest BCUT2D eigenvalue weighted by molar-refractivity contribution is 5.78. The Kier molecular flexibility index (Phi) is 5.15. The van der Waals surface area contributed by atoms with Crippen LogP contribution in [0.2, 0.25) is 0 Å². The Morgan fingerprint density at radius 3 is 2.53 bits per heavy atom. The lowest BCUT2D eigenvalue weighted by Gasteiger charge is -2.26. The fraction of sp³-hybridized carbons (Fsp3) is 0.733. The summed E-state index contributed by atoms with van der Waals surface area (Å²) in [5, 5.41) is 7.43. The van der Waals surface area contributed by atoms with Gasteiger partial charge in [-0.15, -0.1) is 0 Å². The third kappa shape index (κ3) is 4.69. The maximum atomic E-state index is 11.8. The highest BCUT2D eigenvalue weighted by atomic mass is 16.2. The average molecular weight is 265 g/mol. The summed E-state index contributed by atoms with van der Waals surface area (Å²) in [7, 11) is 0. The van der Waals surface area contributed by atoms with Gasteiger partial charge < -0.3 is 5.32 Å². The Labute approximate surface area is 116 Å². The zero-order valence-corrected chi connectivity index (χ0v) is 13.0. The van der Waals surface area contributed by atoms with Crippen molar-refractivity contribution in [1.29, 1.82) is 0 Å². The van der Waals surface area contributed by atoms with Crippen molar-refractivity contribution in [3.63, 3.8) is 0 Å². The second-order valence-electron chi connectivity index (χ2n) is 6.44. The zero-order valence-electron chi connectivity index (χ0n) is 13.0. The van der Waals surface area contributed by atoms with E-state index in [0.29, 0.717) is 5.92 Å². The number of carbonyl (C=O) groups is 1. The molecule has 1 aromatic rings. The molecule has 0 unspecified atom stereocenters. The van der Waals surface area contributed by atoms with Crippen LogP contribution in [0.15, 0.2) is 12.4 Å². The molecule has 0 radical (unpaired) electrons. The molecule has 0 aliphatic carbocycles. The molecule has 0 atom stereocenters. The number of nitrogens with one attached hydrogen (secondary N) is 1. The molecule has 1 amide bonds. The van der Waals surface area contributed by atoms with E-state index < -0.39 is 0 Å². The molecule has 1 rings (SSSR count). The Hall–Kier alpha value is -1.32. The SMILES string of the molecule is CC(C)CCn1cc(C(C)(C)NC(=O)C(C)C)cn1. The third-order valence-corrected chi connectivity index (χ3v) is 3.25. The fourth-order valence-electron chi connectivity index (χ4n) is 1.72. The summed E-state index contributed by atoms with van der Waals surface area (Å²) in [6, 6.07) is 0. The van der Waals surface area contributed by atoms with Crippen molar-refractivity contribution < 1.29 is 4.79 Å². The molecule has 0 aliphatic rings. The highest BCUT2D eigenvalue weighted by Gasteiger charge is 2.25. The van der Waals surface area contributed by atoms with E-state index in [1.807, 2.05) is 44.8 Å². The van der Waals surface area contributed by atoms with Crippen molar-refractivity contribution in [2.75, 3.05) is 0 Å². The van der Waals surface area contributed by atoms with Gasteiger partial charge in [0.25, 0.3) is 0 Å². The maximum Gasteiger partial charge on any atom is 0.223 e. The lowest BCUT2D eigenvalue weighted by molar-refractivity contribution is -0.125. The van der Waals surface area contributed by atoms with Crippen molar-refractivity contribution in [1.82, 2.24) is 15.1 Å². The number of aryl methyl sites for hydroxylation is 1. The first-order chi connectivity index (χ1) is 8.72. The number of amides is 1. The van der Waals surface area contributed by atoms with Gasteiger partial charge in [-0.05, 0) is 26.2 Å². The van der Waals surface area contributed by atoms with Crippen molar-refractivity contribution in [3.05, 3.63) is 18.0 Å². The van der Waals surface area contributed by atoms with Crippen LogP contribution in [0.1, 0.15) is 53.5 Å². The first kappa shape index (κ1) is 15.7. The molecule has 19 heavy (non-hydrogen) atoms. The first-order valence-electron chi connectivity index (χ1n) is 7.07. The van der Waals surface area contributed by atoms with E-state index in [1.165, 1.54) is 0 Å². The number of aromatic nitrogens is 2. The summed E-state index contributed by atoms with van der Waals surface area (Å²) in [5.74, 6) is 0.733. The molecular weight excluding hydrogens is 238 g/mol. The van der Waals surface area contributed by atoms with Gasteiger partial charge in [0.05, 0.1) is 11.7 Å². The predicted octanol–water partition coefficient (Wildman–Crippen LogP) is 2.94. The molecule has 4 heteroatoms. The summed E-state index contributed by atoms with van der Waals surface area (Å²) in [6.07, 6.45) is 4.99. The molecule has 0 saturated heterocycles. The number of hydrogen-bond donors (Lipinski definition) is 1. The minimum Gasteiger partial charge on any atom is -0.347 e. The lowest BCUT2D eigenvalue weighted by Crippen LogP contribution is -2.42. The fourth-order valence-corrected chi connectivity index (χ4v) is 1.72. The van der Waals surface area contributed by atoms with Gasteiger partial charge in [-0.1, -0.05) is 27.7 Å². The van der Waals surface area contributed by atoms with Crippen LogP contribution in [0.5, 0.6) is 0 Å². The third-order valence-electron chi connectivity index (χ3n) is 3.25. The van der Waals surface area contributed by atoms with Gasteiger partial charge in [-0.2, -0.15) is 5.10 Å². The largest absolute Gasteiger partial charge is 0.347 e. The van der Waals surface area contributed by atoms with Crippen molar-refractivity contribution in [2.45, 2.75) is 60.0 Å². The van der Waals surface area contributed by atoms with Gasteiger partial charge in [-0.25, -0.2) is 0 Å². The van der Waals surface area contributed by atoms with Gasteiger partial charge >= 0.3 is 0 Å². The van der Waals surface area contributed by atoms with E-state index in [2.05, 4.69) is 24.3 Å². The minimum absolute atomic E-state index is 0.00439. The lowest BCUT2D eigenvalue weighted by atomic mass is 9.97. The van der Waals surface area contributed by atoms with Crippen LogP contribution in [0.25, 0.3) is 0 Å². The predicted molar refractivity (Wildman–Crippen MR) is 77.7 cm³/mol. The molecule has 108 valence electrons. The van der Waals surface area contributed by atoms with Gasteiger partial charge in [-0.3, -0.25) is 9.48 Å². The molecule has 1 aromatic heterocycles. The Morgan fingerprint density at radius 2 is 2.00 bits per heavy atom. The summed E-state index contributed by atoms with van der Waals surface area (Å²) < 4.78 is 1.96. The number of hydrogen-bond acceptors (Lipinski definition) is 2. The molecule has 0 spiro atoms. The summed E-state index contributed by atoms with van der Waals surface area (Å²) >= 11 is 0. The molecule has 0 fully saturated rings. The van der Waals surface area contributed by atoms with Crippen LogP contribution in [0, 0.1) is 11.8 Å². The minimum atomic E-state index is -0.378. The van der Waals surface area contributed by atoms with E-state index in [1.54, 1.807) is 0 Å². The zero-order chi connectivity index (χ0) is 14.6. The van der Waals surface area contributed by atoms with Crippen LogP contribution >= 0.6 is 0 Å². The molecule has 0 aromatic carbocycles. The van der Waals surface area contributed by atoms with Crippen LogP contribution in [-0.4, -0.2) is 15.7 Å². The van der Waals surface area contributed by atoms with Gasteiger partial charge in [0.1, 0.15) is 0 Å². The molecular formula is C15H27N3O. The second-order valence-corrected chi connectivity index (χ2v) is 6.44. The second kappa shape index (κ2) is 6.22. The molecule has 4 nitrogen and oxygen atoms in total. The first-order valence-corrected chi connectivity index (χ1v) is 7.07. The monoisotopic (exact) mass is 265 g/mol. The van der Waals surface area contributed by atoms with Crippen LogP contribution in [0.3, 0.4) is 0 Å². The van der Waals surface area contributed by atoms with Gasteiger partial charge in [0, 0.05) is 24.2 Å². The normalized spacial score (nSPS) is 12.2. The van der Waals surface area contributed by atoms with E-state index in [9.17, 15) is 4.79 Å². The molecule has 0 saturated carbocycles. The highest BCUT2D eigenvalue weighted by Crippen LogP contribution is 2.20. The average Bonchev–Trinajstić information content (AvgIpc) is 2.74. The maximum absolute atomic E-state index is 11.8. The van der Waals surface area contributed by atoms with E-state index >= 15 is 0 Å². The molecule has 0 aliphatic heterocycles. The Morgan fingerprint density at radius 1 is 1.37 bits per heavy atom. The van der Waals surface area contributed by atoms with Gasteiger partial charge in [0.2, 0.25) is 5.91 Å². The summed E-state index contributed by atoms with van der Waals surface area (Å²) in [4.78, 5) is 11.8. The quantitative estimate of drug-likeness (QED) is 0.859. The van der Waals surface area contributed by atoms with Crippen molar-refractivity contribution >= 4 is 5.91 Å². The van der Waals surface area contributed by atoms with Crippen molar-refractivity contribution in [3.8, 4) is 0 Å². The van der Waals surface area contributed by atoms with E-state index in [0.717, 1.165) is 18.5 Å². The topological polar surface area (TPSA) is 46.9 Å². The summed E-state index contributed by atoms with van der Waals surface area (Å²) in [5.41, 5.74) is 0.669. The molecule has 1 N–H and O–H groups in total. The van der Waals surface area contributed by atoms with Crippen LogP contribution < -0.4 is 5.32 Å². The smallest absolute Gasteiger partial charge is 0.223 e. The Bertz CT molecular complexity index is 419. The summed E-state index contributed by atoms with van der Waals surface area (Å²) in [6.45, 7) is 13.2. The standard InChI is InChI=1S/C15H27N3O/c1-11(2)7-8-18-10-13(9-16-18)15(5,6)17-14(19)12(3)4/h9-12H,7-8H2,1-6H3,(H,17,19). The van der Waals surface area contributed by atoms with E-state index in [4.69, 9.17) is 0 Å². The number of nitrogens with zero attached hydrogens (tertiary/aromatic N) is 2.